The average molecular weight is 570 g/mol. The van der Waals surface area contributed by atoms with Crippen LogP contribution >= 0.6 is 0 Å². The summed E-state index contributed by atoms with van der Waals surface area (Å²) in [6.45, 7) is 2.64. The van der Waals surface area contributed by atoms with Gasteiger partial charge in [-0.15, -0.1) is 0 Å². The second-order valence-electron chi connectivity index (χ2n) is 10.3. The molecule has 1 unspecified atom stereocenters. The molecule has 0 radical (unpaired) electrons. The minimum Gasteiger partial charge on any atom is -0.392 e. The molecule has 0 amide bonds. The van der Waals surface area contributed by atoms with Crippen LogP contribution in [0.2, 0.25) is 0 Å². The van der Waals surface area contributed by atoms with Crippen molar-refractivity contribution in [3.8, 4) is 0 Å². The second kappa shape index (κ2) is 11.5. The molecule has 1 aliphatic rings. The van der Waals surface area contributed by atoms with Crippen LogP contribution in [0.5, 0.6) is 0 Å². The molecule has 5 aromatic rings. The van der Waals surface area contributed by atoms with E-state index in [0.29, 0.717) is 17.8 Å². The van der Waals surface area contributed by atoms with E-state index in [0.717, 1.165) is 22.2 Å². The normalized spacial score (nSPS) is 21.1. The number of nitrogens with one attached hydrogen (secondary N) is 1. The van der Waals surface area contributed by atoms with Crippen LogP contribution in [-0.2, 0) is 32.6 Å². The van der Waals surface area contributed by atoms with Crippen molar-refractivity contribution in [1.29, 1.82) is 0 Å². The lowest BCUT2D eigenvalue weighted by Gasteiger charge is -2.41. The zero-order chi connectivity index (χ0) is 28.4. The molecule has 0 spiro atoms. The standard InChI is InChI=1S/C32H31N3O5S/c1-22-30(19-35-21-33-28-12-5-6-13-29(28)35)39-32(40-31(22)24-16-14-23(20-36)15-17-24)25-8-7-9-26(18-25)34-41(37,38)27-10-3-2-4-11-27/h2-18,21-22,30-32,34,36H,19-20H2,1H3/t22-,30+,31+,32?/m0/s1. The Morgan fingerprint density at radius 3 is 2.41 bits per heavy atom. The topological polar surface area (TPSA) is 103 Å². The fraction of sp³-hybridized carbons (Fsp3) is 0.219. The number of hydrogen-bond acceptors (Lipinski definition) is 6. The molecule has 6 rings (SSSR count). The Labute approximate surface area is 239 Å². The van der Waals surface area contributed by atoms with Gasteiger partial charge in [-0.05, 0) is 47.5 Å². The number of nitrogens with zero attached hydrogens (tertiary/aromatic N) is 2. The molecule has 2 heterocycles. The van der Waals surface area contributed by atoms with Crippen LogP contribution in [0.4, 0.5) is 5.69 Å². The van der Waals surface area contributed by atoms with Gasteiger partial charge >= 0.3 is 0 Å². The molecule has 8 nitrogen and oxygen atoms in total. The Hall–Kier alpha value is -4.02. The number of aliphatic hydroxyl groups is 1. The summed E-state index contributed by atoms with van der Waals surface area (Å²) < 4.78 is 43.8. The predicted octanol–water partition coefficient (Wildman–Crippen LogP) is 5.82. The molecule has 1 aliphatic heterocycles. The molecule has 4 atom stereocenters. The van der Waals surface area contributed by atoms with Crippen LogP contribution in [0.15, 0.2) is 114 Å². The van der Waals surface area contributed by atoms with E-state index in [1.807, 2.05) is 60.9 Å². The van der Waals surface area contributed by atoms with Gasteiger partial charge in [-0.1, -0.05) is 73.7 Å². The average Bonchev–Trinajstić information content (AvgIpc) is 3.41. The number of para-hydroxylation sites is 2. The molecule has 2 N–H and O–H groups in total. The van der Waals surface area contributed by atoms with E-state index in [1.165, 1.54) is 0 Å². The predicted molar refractivity (Wildman–Crippen MR) is 156 cm³/mol. The van der Waals surface area contributed by atoms with Gasteiger partial charge in [0.1, 0.15) is 0 Å². The van der Waals surface area contributed by atoms with Crippen LogP contribution in [0.1, 0.15) is 36.0 Å². The number of aliphatic hydroxyl groups excluding tert-OH is 1. The first kappa shape index (κ1) is 27.2. The SMILES string of the molecule is C[C@H]1[C@@H](Cn2cnc3ccccc32)OC(c2cccc(NS(=O)(=O)c3ccccc3)c2)O[C@H]1c1ccc(CO)cc1. The molecule has 1 saturated heterocycles. The highest BCUT2D eigenvalue weighted by molar-refractivity contribution is 7.92. The lowest BCUT2D eigenvalue weighted by molar-refractivity contribution is -0.276. The third-order valence-electron chi connectivity index (χ3n) is 7.49. The number of imidazole rings is 1. The Kier molecular flexibility index (Phi) is 7.59. The first-order valence-corrected chi connectivity index (χ1v) is 15.0. The highest BCUT2D eigenvalue weighted by Gasteiger charge is 2.38. The second-order valence-corrected chi connectivity index (χ2v) is 11.9. The third kappa shape index (κ3) is 5.75. The van der Waals surface area contributed by atoms with E-state index >= 15 is 0 Å². The maximum atomic E-state index is 13.0. The zero-order valence-corrected chi connectivity index (χ0v) is 23.3. The van der Waals surface area contributed by atoms with E-state index < -0.39 is 16.3 Å². The van der Waals surface area contributed by atoms with E-state index in [-0.39, 0.29) is 29.6 Å². The molecule has 41 heavy (non-hydrogen) atoms. The summed E-state index contributed by atoms with van der Waals surface area (Å²) in [5.74, 6) is -0.0212. The van der Waals surface area contributed by atoms with E-state index in [2.05, 4.69) is 21.2 Å². The Bertz CT molecular complexity index is 1740. The lowest BCUT2D eigenvalue weighted by Crippen LogP contribution is -2.39. The van der Waals surface area contributed by atoms with Gasteiger partial charge in [0, 0.05) is 17.2 Å². The number of benzene rings is 4. The number of rotatable bonds is 8. The van der Waals surface area contributed by atoms with Crippen LogP contribution in [0, 0.1) is 5.92 Å². The summed E-state index contributed by atoms with van der Waals surface area (Å²) >= 11 is 0. The van der Waals surface area contributed by atoms with Gasteiger partial charge in [0.05, 0.1) is 47.6 Å². The first-order chi connectivity index (χ1) is 19.9. The molecule has 1 fully saturated rings. The monoisotopic (exact) mass is 569 g/mol. The van der Waals surface area contributed by atoms with E-state index in [4.69, 9.17) is 9.47 Å². The van der Waals surface area contributed by atoms with Gasteiger partial charge in [0.25, 0.3) is 10.0 Å². The van der Waals surface area contributed by atoms with Gasteiger partial charge in [-0.25, -0.2) is 13.4 Å². The number of anilines is 1. The van der Waals surface area contributed by atoms with Crippen molar-refractivity contribution in [1.82, 2.24) is 9.55 Å². The lowest BCUT2D eigenvalue weighted by atomic mass is 9.90. The molecule has 1 aromatic heterocycles. The fourth-order valence-corrected chi connectivity index (χ4v) is 6.31. The van der Waals surface area contributed by atoms with Crippen LogP contribution in [0.3, 0.4) is 0 Å². The summed E-state index contributed by atoms with van der Waals surface area (Å²) in [6, 6.07) is 31.1. The molecule has 0 saturated carbocycles. The van der Waals surface area contributed by atoms with Gasteiger partial charge in [0.15, 0.2) is 6.29 Å². The number of ether oxygens (including phenoxy) is 2. The van der Waals surface area contributed by atoms with Gasteiger partial charge in [0.2, 0.25) is 0 Å². The fourth-order valence-electron chi connectivity index (χ4n) is 5.24. The van der Waals surface area contributed by atoms with Crippen LogP contribution in [0.25, 0.3) is 11.0 Å². The number of fused-ring (bicyclic) bond motifs is 1. The van der Waals surface area contributed by atoms with Crippen molar-refractivity contribution in [3.05, 3.63) is 126 Å². The molecule has 9 heteroatoms. The number of aromatic nitrogens is 2. The molecule has 4 aromatic carbocycles. The van der Waals surface area contributed by atoms with Gasteiger partial charge in [-0.2, -0.15) is 0 Å². The Morgan fingerprint density at radius 2 is 1.63 bits per heavy atom. The molecule has 210 valence electrons. The Balaban J connectivity index is 1.31. The largest absolute Gasteiger partial charge is 0.392 e. The summed E-state index contributed by atoms with van der Waals surface area (Å²) in [5.41, 5.74) is 4.85. The quantitative estimate of drug-likeness (QED) is 0.244. The maximum Gasteiger partial charge on any atom is 0.261 e. The number of sulfonamides is 1. The van der Waals surface area contributed by atoms with Crippen molar-refractivity contribution in [3.63, 3.8) is 0 Å². The summed E-state index contributed by atoms with van der Waals surface area (Å²) in [4.78, 5) is 4.72. The zero-order valence-electron chi connectivity index (χ0n) is 22.5. The van der Waals surface area contributed by atoms with Crippen LogP contribution in [-0.4, -0.2) is 29.2 Å². The van der Waals surface area contributed by atoms with Gasteiger partial charge in [-0.3, -0.25) is 4.72 Å². The Morgan fingerprint density at radius 1 is 0.878 bits per heavy atom. The minimum absolute atomic E-state index is 0.0212. The van der Waals surface area contributed by atoms with Crippen LogP contribution < -0.4 is 4.72 Å². The van der Waals surface area contributed by atoms with Crippen molar-refractivity contribution in [2.75, 3.05) is 4.72 Å². The molecule has 0 aliphatic carbocycles. The number of hydrogen-bond donors (Lipinski definition) is 2. The highest BCUT2D eigenvalue weighted by Crippen LogP contribution is 2.42. The van der Waals surface area contributed by atoms with Gasteiger partial charge < -0.3 is 19.1 Å². The van der Waals surface area contributed by atoms with E-state index in [9.17, 15) is 13.5 Å². The van der Waals surface area contributed by atoms with Crippen molar-refractivity contribution in [2.24, 2.45) is 5.92 Å². The van der Waals surface area contributed by atoms with Crippen molar-refractivity contribution in [2.45, 2.75) is 43.5 Å². The third-order valence-corrected chi connectivity index (χ3v) is 8.89. The summed E-state index contributed by atoms with van der Waals surface area (Å²) in [5, 5.41) is 9.52. The van der Waals surface area contributed by atoms with Crippen molar-refractivity contribution >= 4 is 26.7 Å². The molecular weight excluding hydrogens is 538 g/mol. The summed E-state index contributed by atoms with van der Waals surface area (Å²) in [7, 11) is -3.76. The smallest absolute Gasteiger partial charge is 0.261 e. The highest BCUT2D eigenvalue weighted by atomic mass is 32.2. The minimum atomic E-state index is -3.76. The first-order valence-electron chi connectivity index (χ1n) is 13.5. The molecule has 0 bridgehead atoms. The summed E-state index contributed by atoms with van der Waals surface area (Å²) in [6.07, 6.45) is 0.550. The van der Waals surface area contributed by atoms with Crippen molar-refractivity contribution < 1.29 is 23.0 Å². The van der Waals surface area contributed by atoms with E-state index in [1.54, 1.807) is 48.5 Å². The maximum absolute atomic E-state index is 13.0. The molecular formula is C32H31N3O5S.